The number of rotatable bonds is 2. The van der Waals surface area contributed by atoms with Crippen LogP contribution in [-0.2, 0) is 0 Å². The molecule has 3 aliphatic rings. The van der Waals surface area contributed by atoms with E-state index < -0.39 is 0 Å². The third-order valence-corrected chi connectivity index (χ3v) is 6.03. The number of nitrogens with one attached hydrogen (secondary N) is 1. The highest BCUT2D eigenvalue weighted by atomic mass is 79.9. The number of benzene rings is 1. The summed E-state index contributed by atoms with van der Waals surface area (Å²) in [5.41, 5.74) is 1.37. The minimum Gasteiger partial charge on any atom is -0.486 e. The largest absolute Gasteiger partial charge is 0.486 e. The van der Waals surface area contributed by atoms with Gasteiger partial charge in [0, 0.05) is 47.9 Å². The van der Waals surface area contributed by atoms with Crippen LogP contribution in [-0.4, -0.2) is 36.7 Å². The van der Waals surface area contributed by atoms with Gasteiger partial charge in [0.2, 0.25) is 0 Å². The van der Waals surface area contributed by atoms with E-state index in [2.05, 4.69) is 51.3 Å². The van der Waals surface area contributed by atoms with Gasteiger partial charge in [-0.3, -0.25) is 0 Å². The van der Waals surface area contributed by atoms with Crippen molar-refractivity contribution in [3.8, 4) is 5.75 Å². The number of fused-ring (bicyclic) bond motifs is 4. The molecule has 3 heterocycles. The molecule has 0 radical (unpaired) electrons. The third kappa shape index (κ3) is 2.32. The maximum Gasteiger partial charge on any atom is 0.126 e. The molecule has 2 saturated heterocycles. The number of ether oxygens (including phenoxy) is 1. The van der Waals surface area contributed by atoms with Crippen LogP contribution in [0.25, 0.3) is 0 Å². The van der Waals surface area contributed by atoms with Crippen molar-refractivity contribution in [2.75, 3.05) is 26.2 Å². The average Bonchev–Trinajstić information content (AvgIpc) is 2.89. The summed E-state index contributed by atoms with van der Waals surface area (Å²) < 4.78 is 7.76. The van der Waals surface area contributed by atoms with Crippen molar-refractivity contribution in [1.29, 1.82) is 0 Å². The smallest absolute Gasteiger partial charge is 0.126 e. The van der Waals surface area contributed by atoms with E-state index in [0.717, 1.165) is 23.2 Å². The van der Waals surface area contributed by atoms with E-state index >= 15 is 0 Å². The molecule has 2 fully saturated rings. The van der Waals surface area contributed by atoms with Gasteiger partial charge in [0.05, 0.1) is 0 Å². The highest BCUT2D eigenvalue weighted by Crippen LogP contribution is 2.49. The molecule has 1 spiro atoms. The topological polar surface area (TPSA) is 24.5 Å². The number of nitrogens with zero attached hydrogens (tertiary/aromatic N) is 1. The molecule has 4 unspecified atom stereocenters. The highest BCUT2D eigenvalue weighted by Gasteiger charge is 2.51. The van der Waals surface area contributed by atoms with Gasteiger partial charge in [-0.1, -0.05) is 28.9 Å². The fraction of sp³-hybridized carbons (Fsp3) is 0.647. The van der Waals surface area contributed by atoms with Gasteiger partial charge in [0.1, 0.15) is 11.4 Å². The molecule has 4 rings (SSSR count). The van der Waals surface area contributed by atoms with Crippen LogP contribution >= 0.6 is 15.9 Å². The molecule has 0 aliphatic carbocycles. The Balaban J connectivity index is 1.72. The Morgan fingerprint density at radius 2 is 2.33 bits per heavy atom. The van der Waals surface area contributed by atoms with Crippen LogP contribution < -0.4 is 10.1 Å². The van der Waals surface area contributed by atoms with E-state index in [4.69, 9.17) is 4.74 Å². The number of piperidine rings is 1. The van der Waals surface area contributed by atoms with Gasteiger partial charge in [-0.2, -0.15) is 0 Å². The Morgan fingerprint density at radius 3 is 3.19 bits per heavy atom. The molecular weight excluding hydrogens is 328 g/mol. The van der Waals surface area contributed by atoms with Gasteiger partial charge in [0.25, 0.3) is 0 Å². The van der Waals surface area contributed by atoms with Crippen LogP contribution in [0.5, 0.6) is 5.75 Å². The van der Waals surface area contributed by atoms with E-state index in [1.54, 1.807) is 0 Å². The lowest BCUT2D eigenvalue weighted by molar-refractivity contribution is -0.0473. The molecule has 4 atom stereocenters. The van der Waals surface area contributed by atoms with E-state index in [9.17, 15) is 0 Å². The van der Waals surface area contributed by atoms with E-state index in [1.807, 2.05) is 0 Å². The van der Waals surface area contributed by atoms with Crippen molar-refractivity contribution in [2.24, 2.45) is 5.92 Å². The molecular formula is C17H23BrN2O. The van der Waals surface area contributed by atoms with Crippen molar-refractivity contribution in [2.45, 2.75) is 37.8 Å². The van der Waals surface area contributed by atoms with Crippen molar-refractivity contribution in [3.05, 3.63) is 28.2 Å². The standard InChI is InChI=1S/C17H23BrN2O/c1-2-19-15-10-17(6-8-20-7-5-12(17)11-20)21-16-9-13(18)3-4-14(15)16/h3-4,9,12,15,19H,2,5-8,10-11H2,1H3. The number of halogens is 1. The predicted molar refractivity (Wildman–Crippen MR) is 87.7 cm³/mol. The lowest BCUT2D eigenvalue weighted by Gasteiger charge is -2.48. The fourth-order valence-corrected chi connectivity index (χ4v) is 4.79. The fourth-order valence-electron chi connectivity index (χ4n) is 4.45. The minimum absolute atomic E-state index is 0.0492. The molecule has 3 aliphatic heterocycles. The Bertz CT molecular complexity index is 550. The van der Waals surface area contributed by atoms with Crippen LogP contribution in [0, 0.1) is 5.92 Å². The van der Waals surface area contributed by atoms with Gasteiger partial charge >= 0.3 is 0 Å². The Labute approximate surface area is 135 Å². The summed E-state index contributed by atoms with van der Waals surface area (Å²) in [4.78, 5) is 2.60. The maximum absolute atomic E-state index is 6.65. The molecule has 1 aromatic carbocycles. The predicted octanol–water partition coefficient (Wildman–Crippen LogP) is 3.35. The maximum atomic E-state index is 6.65. The first-order valence-corrected chi connectivity index (χ1v) is 8.94. The zero-order chi connectivity index (χ0) is 14.4. The van der Waals surface area contributed by atoms with Crippen molar-refractivity contribution < 1.29 is 4.74 Å². The Kier molecular flexibility index (Phi) is 3.51. The molecule has 1 N–H and O–H groups in total. The second kappa shape index (κ2) is 5.25. The van der Waals surface area contributed by atoms with E-state index in [0.29, 0.717) is 12.0 Å². The first-order valence-electron chi connectivity index (χ1n) is 8.14. The molecule has 0 saturated carbocycles. The number of hydrogen-bond acceptors (Lipinski definition) is 3. The summed E-state index contributed by atoms with van der Waals surface area (Å²) >= 11 is 3.59. The molecule has 21 heavy (non-hydrogen) atoms. The normalized spacial score (nSPS) is 37.3. The summed E-state index contributed by atoms with van der Waals surface area (Å²) in [6.45, 7) is 6.87. The molecule has 114 valence electrons. The van der Waals surface area contributed by atoms with Gasteiger partial charge in [-0.15, -0.1) is 0 Å². The summed E-state index contributed by atoms with van der Waals surface area (Å²) in [5.74, 6) is 1.78. The van der Waals surface area contributed by atoms with Gasteiger partial charge in [0.15, 0.2) is 0 Å². The van der Waals surface area contributed by atoms with Crippen LogP contribution in [0.4, 0.5) is 0 Å². The Morgan fingerprint density at radius 1 is 1.43 bits per heavy atom. The van der Waals surface area contributed by atoms with Crippen LogP contribution in [0.1, 0.15) is 37.8 Å². The average molecular weight is 351 g/mol. The summed E-state index contributed by atoms with van der Waals surface area (Å²) in [5, 5.41) is 3.68. The minimum atomic E-state index is 0.0492. The van der Waals surface area contributed by atoms with Crippen LogP contribution in [0.3, 0.4) is 0 Å². The zero-order valence-electron chi connectivity index (χ0n) is 12.6. The summed E-state index contributed by atoms with van der Waals surface area (Å²) in [7, 11) is 0. The molecule has 4 heteroatoms. The zero-order valence-corrected chi connectivity index (χ0v) is 14.2. The van der Waals surface area contributed by atoms with Crippen LogP contribution in [0.15, 0.2) is 22.7 Å². The summed E-state index contributed by atoms with van der Waals surface area (Å²) in [6, 6.07) is 6.92. The lowest BCUT2D eigenvalue weighted by atomic mass is 9.74. The van der Waals surface area contributed by atoms with Crippen LogP contribution in [0.2, 0.25) is 0 Å². The molecule has 2 bridgehead atoms. The van der Waals surface area contributed by atoms with Crippen molar-refractivity contribution in [1.82, 2.24) is 10.2 Å². The van der Waals surface area contributed by atoms with Gasteiger partial charge in [-0.25, -0.2) is 0 Å². The quantitative estimate of drug-likeness (QED) is 0.885. The molecule has 0 aromatic heterocycles. The number of hydrogen-bond donors (Lipinski definition) is 1. The SMILES string of the molecule is CCNC1CC2(CCN3CCC2C3)Oc2cc(Br)ccc21. The molecule has 0 amide bonds. The first-order chi connectivity index (χ1) is 10.2. The Hall–Kier alpha value is -0.580. The second-order valence-electron chi connectivity index (χ2n) is 6.70. The first kappa shape index (κ1) is 14.0. The second-order valence-corrected chi connectivity index (χ2v) is 7.62. The van der Waals surface area contributed by atoms with E-state index in [1.165, 1.54) is 38.0 Å². The summed E-state index contributed by atoms with van der Waals surface area (Å²) in [6.07, 6.45) is 3.58. The molecule has 3 nitrogen and oxygen atoms in total. The van der Waals surface area contributed by atoms with Crippen molar-refractivity contribution in [3.63, 3.8) is 0 Å². The molecule has 1 aromatic rings. The van der Waals surface area contributed by atoms with Crippen molar-refractivity contribution >= 4 is 15.9 Å². The monoisotopic (exact) mass is 350 g/mol. The third-order valence-electron chi connectivity index (χ3n) is 5.53. The highest BCUT2D eigenvalue weighted by molar-refractivity contribution is 9.10. The van der Waals surface area contributed by atoms with Gasteiger partial charge < -0.3 is 15.0 Å². The van der Waals surface area contributed by atoms with E-state index in [-0.39, 0.29) is 5.60 Å². The van der Waals surface area contributed by atoms with Gasteiger partial charge in [-0.05, 0) is 31.6 Å². The lowest BCUT2D eigenvalue weighted by Crippen LogP contribution is -2.54.